The zero-order valence-electron chi connectivity index (χ0n) is 32.9. The molecule has 0 aromatic heterocycles. The second-order valence-corrected chi connectivity index (χ2v) is 13.7. The number of benzene rings is 4. The van der Waals surface area contributed by atoms with Crippen LogP contribution in [-0.4, -0.2) is 118 Å². The molecule has 2 fully saturated rings. The lowest BCUT2D eigenvalue weighted by Crippen LogP contribution is -2.49. The minimum Gasteiger partial charge on any atom is -0.378 e. The molecule has 60 heavy (non-hydrogen) atoms. The number of amides is 6. The van der Waals surface area contributed by atoms with E-state index in [4.69, 9.17) is 15.3 Å². The van der Waals surface area contributed by atoms with E-state index in [1.165, 1.54) is 12.1 Å². The van der Waals surface area contributed by atoms with E-state index in [1.54, 1.807) is 39.0 Å². The van der Waals surface area contributed by atoms with Gasteiger partial charge in [0.15, 0.2) is 0 Å². The molecule has 2 heterocycles. The summed E-state index contributed by atoms with van der Waals surface area (Å²) in [6, 6.07) is 32.3. The number of hydrazine groups is 1. The number of carbonyl (C=O) groups excluding carboxylic acids is 5. The third-order valence-corrected chi connectivity index (χ3v) is 9.70. The van der Waals surface area contributed by atoms with Crippen molar-refractivity contribution in [2.75, 3.05) is 82.0 Å². The van der Waals surface area contributed by atoms with Crippen LogP contribution < -0.4 is 26.4 Å². The molecule has 0 bridgehead atoms. The topological polar surface area (TPSA) is 167 Å². The summed E-state index contributed by atoms with van der Waals surface area (Å²) in [5.74, 6) is 2.04. The molecule has 14 nitrogen and oxygen atoms in total. The van der Waals surface area contributed by atoms with Crippen molar-refractivity contribution in [1.82, 2.24) is 20.5 Å². The number of hydrogen-bond donors (Lipinski definition) is 3. The Bertz CT molecular complexity index is 2010. The quantitative estimate of drug-likeness (QED) is 0.104. The van der Waals surface area contributed by atoms with Crippen molar-refractivity contribution < 1.29 is 46.6 Å². The lowest BCUT2D eigenvalue weighted by Gasteiger charge is -2.33. The number of carbonyl (C=O) groups is 5. The van der Waals surface area contributed by atoms with Crippen LogP contribution in [-0.2, 0) is 27.1 Å². The number of anilines is 2. The number of hydrogen-bond acceptors (Lipinski definition) is 8. The number of halogens is 3. The highest BCUT2D eigenvalue weighted by molar-refractivity contribution is 5.98. The van der Waals surface area contributed by atoms with Gasteiger partial charge in [-0.1, -0.05) is 60.7 Å². The van der Waals surface area contributed by atoms with Crippen LogP contribution >= 0.6 is 0 Å². The molecule has 0 unspecified atom stereocenters. The summed E-state index contributed by atoms with van der Waals surface area (Å²) in [6.45, 7) is 4.19. The minimum absolute atomic E-state index is 0.0105. The van der Waals surface area contributed by atoms with E-state index in [2.05, 4.69) is 5.43 Å². The molecule has 0 atom stereocenters. The predicted molar refractivity (Wildman–Crippen MR) is 218 cm³/mol. The highest BCUT2D eigenvalue weighted by atomic mass is 19.4. The Balaban J connectivity index is 0.000000232. The van der Waals surface area contributed by atoms with E-state index in [0.29, 0.717) is 84.1 Å². The van der Waals surface area contributed by atoms with Gasteiger partial charge in [-0.15, -0.1) is 0 Å². The Kier molecular flexibility index (Phi) is 16.6. The third-order valence-electron chi connectivity index (χ3n) is 9.70. The summed E-state index contributed by atoms with van der Waals surface area (Å²) in [5.41, 5.74) is 6.27. The molecule has 2 saturated heterocycles. The van der Waals surface area contributed by atoms with Crippen LogP contribution in [0.5, 0.6) is 0 Å². The first-order valence-electron chi connectivity index (χ1n) is 19.4. The van der Waals surface area contributed by atoms with E-state index in [9.17, 15) is 37.1 Å². The van der Waals surface area contributed by atoms with Gasteiger partial charge in [0.2, 0.25) is 0 Å². The number of urea groups is 2. The second-order valence-electron chi connectivity index (χ2n) is 13.7. The van der Waals surface area contributed by atoms with Gasteiger partial charge < -0.3 is 24.6 Å². The zero-order chi connectivity index (χ0) is 42.9. The van der Waals surface area contributed by atoms with Crippen molar-refractivity contribution in [2.45, 2.75) is 19.0 Å². The Morgan fingerprint density at radius 1 is 0.583 bits per heavy atom. The number of nitrogens with two attached hydrogens (primary N) is 1. The molecule has 0 spiro atoms. The van der Waals surface area contributed by atoms with Crippen LogP contribution in [0.3, 0.4) is 0 Å². The molecule has 17 heteroatoms. The molecule has 0 aliphatic carbocycles. The Morgan fingerprint density at radius 2 is 0.967 bits per heavy atom. The highest BCUT2D eigenvalue weighted by Crippen LogP contribution is 2.20. The summed E-state index contributed by atoms with van der Waals surface area (Å²) < 4.78 is 47.5. The maximum atomic E-state index is 13.1. The fraction of sp³-hybridized carbons (Fsp3) is 0.326. The van der Waals surface area contributed by atoms with E-state index in [1.807, 2.05) is 83.0 Å². The predicted octanol–water partition coefficient (Wildman–Crippen LogP) is 4.84. The van der Waals surface area contributed by atoms with Crippen LogP contribution in [0.4, 0.5) is 34.1 Å². The first-order chi connectivity index (χ1) is 28.9. The number of ketones is 1. The summed E-state index contributed by atoms with van der Waals surface area (Å²) in [4.78, 5) is 67.6. The fourth-order valence-electron chi connectivity index (χ4n) is 6.31. The minimum atomic E-state index is -4.99. The maximum Gasteiger partial charge on any atom is 0.451 e. The second kappa shape index (κ2) is 22.2. The van der Waals surface area contributed by atoms with E-state index in [0.717, 1.165) is 22.5 Å². The van der Waals surface area contributed by atoms with Crippen LogP contribution in [0.1, 0.15) is 31.8 Å². The van der Waals surface area contributed by atoms with Gasteiger partial charge in [-0.3, -0.25) is 29.6 Å². The molecule has 0 saturated carbocycles. The molecule has 6 amide bonds. The lowest BCUT2D eigenvalue weighted by molar-refractivity contribution is -0.169. The molecule has 0 radical (unpaired) electrons. The van der Waals surface area contributed by atoms with Crippen LogP contribution in [0, 0.1) is 0 Å². The highest BCUT2D eigenvalue weighted by Gasteiger charge is 2.38. The summed E-state index contributed by atoms with van der Waals surface area (Å²) in [7, 11) is 0. The van der Waals surface area contributed by atoms with E-state index in [-0.39, 0.29) is 23.5 Å². The van der Waals surface area contributed by atoms with Crippen molar-refractivity contribution in [3.05, 3.63) is 131 Å². The monoisotopic (exact) mass is 831 g/mol. The number of para-hydroxylation sites is 2. The van der Waals surface area contributed by atoms with Crippen molar-refractivity contribution in [1.29, 1.82) is 0 Å². The summed E-state index contributed by atoms with van der Waals surface area (Å²) >= 11 is 0. The normalized spacial score (nSPS) is 13.9. The van der Waals surface area contributed by atoms with Crippen LogP contribution in [0.2, 0.25) is 0 Å². The van der Waals surface area contributed by atoms with E-state index < -0.39 is 24.4 Å². The fourth-order valence-corrected chi connectivity index (χ4v) is 6.31. The van der Waals surface area contributed by atoms with Crippen molar-refractivity contribution in [2.24, 2.45) is 5.84 Å². The standard InChI is InChI=1S/C23H24F3N3O4.C20H24N4O3/c24-23(25,26)20(30)16-27-21(31)18-8-6-17(7-9-18)10-11-29(19-4-2-1-3-5-19)22(32)28-12-14-33-15-13-28;21-22-19(25)17-8-6-16(7-9-17)10-11-24(18-4-2-1-3-5-18)20(26)23-12-14-27-15-13-23/h1-9H,10-16H2,(H,27,31);1-9H,10-15,21H2,(H,22,25). The Hall–Kier alpha value is -6.30. The number of nitrogen functional groups attached to an aromatic ring is 1. The van der Waals surface area contributed by atoms with Gasteiger partial charge in [-0.25, -0.2) is 15.4 Å². The van der Waals surface area contributed by atoms with Gasteiger partial charge in [0, 0.05) is 61.8 Å². The first-order valence-corrected chi connectivity index (χ1v) is 19.4. The number of nitrogens with zero attached hydrogens (tertiary/aromatic N) is 4. The molecule has 318 valence electrons. The molecule has 2 aliphatic rings. The van der Waals surface area contributed by atoms with Crippen LogP contribution in [0.15, 0.2) is 109 Å². The van der Waals surface area contributed by atoms with Gasteiger partial charge in [-0.2, -0.15) is 13.2 Å². The molecular formula is C43H48F3N7O7. The van der Waals surface area contributed by atoms with Gasteiger partial charge in [0.1, 0.15) is 0 Å². The number of rotatable bonds is 12. The van der Waals surface area contributed by atoms with Gasteiger partial charge in [0.05, 0.1) is 33.0 Å². The SMILES string of the molecule is NNC(=O)c1ccc(CCN(C(=O)N2CCOCC2)c2ccccc2)cc1.O=C(NCC(=O)C(F)(F)F)c1ccc(CCN(C(=O)N2CCOCC2)c2ccccc2)cc1. The first kappa shape index (κ1) is 44.8. The molecule has 6 rings (SSSR count). The smallest absolute Gasteiger partial charge is 0.378 e. The number of nitrogens with one attached hydrogen (secondary N) is 2. The number of alkyl halides is 3. The molecule has 4 aromatic rings. The molecular weight excluding hydrogens is 784 g/mol. The molecule has 4 N–H and O–H groups in total. The lowest BCUT2D eigenvalue weighted by atomic mass is 10.1. The average Bonchev–Trinajstić information content (AvgIpc) is 3.29. The van der Waals surface area contributed by atoms with Gasteiger partial charge in [-0.05, 0) is 72.5 Å². The number of Topliss-reactive ketones (excluding diaryl/α,β-unsaturated/α-hetero) is 1. The van der Waals surface area contributed by atoms with Crippen molar-refractivity contribution in [3.8, 4) is 0 Å². The maximum absolute atomic E-state index is 13.1. The summed E-state index contributed by atoms with van der Waals surface area (Å²) in [6.07, 6.45) is -3.81. The van der Waals surface area contributed by atoms with Crippen molar-refractivity contribution in [3.63, 3.8) is 0 Å². The largest absolute Gasteiger partial charge is 0.451 e. The van der Waals surface area contributed by atoms with E-state index >= 15 is 0 Å². The summed E-state index contributed by atoms with van der Waals surface area (Å²) in [5, 5.41) is 1.97. The van der Waals surface area contributed by atoms with Crippen LogP contribution in [0.25, 0.3) is 0 Å². The molecule has 2 aliphatic heterocycles. The van der Waals surface area contributed by atoms with Crippen molar-refractivity contribution >= 4 is 41.0 Å². The third kappa shape index (κ3) is 13.1. The Morgan fingerprint density at radius 3 is 1.33 bits per heavy atom. The zero-order valence-corrected chi connectivity index (χ0v) is 32.9. The number of ether oxygens (including phenoxy) is 2. The number of morpholine rings is 2. The molecule has 4 aromatic carbocycles. The van der Waals surface area contributed by atoms with Gasteiger partial charge in [0.25, 0.3) is 17.6 Å². The Labute approximate surface area is 346 Å². The average molecular weight is 832 g/mol. The van der Waals surface area contributed by atoms with Gasteiger partial charge >= 0.3 is 18.2 Å².